The Morgan fingerprint density at radius 1 is 1.29 bits per heavy atom. The molecular formula is C14H15F2N3O2. The molecule has 5 nitrogen and oxygen atoms in total. The summed E-state index contributed by atoms with van der Waals surface area (Å²) in [5.74, 6) is -0.920. The molecule has 0 saturated heterocycles. The van der Waals surface area contributed by atoms with Crippen LogP contribution < -0.4 is 10.6 Å². The number of hydrogen-bond donors (Lipinski definition) is 2. The van der Waals surface area contributed by atoms with Gasteiger partial charge in [-0.25, -0.2) is 8.78 Å². The standard InChI is InChI=1S/C14H15F2N3O2/c1-3-12(14(20)18-13-4-8(2)21-19-13)17-11-6-9(15)5-10(16)7-11/h4-7,12,17H,3H2,1-2H3,(H,18,19,20). The van der Waals surface area contributed by atoms with Gasteiger partial charge in [0.1, 0.15) is 23.4 Å². The molecule has 2 N–H and O–H groups in total. The van der Waals surface area contributed by atoms with Crippen LogP contribution in [0, 0.1) is 18.6 Å². The molecule has 2 rings (SSSR count). The second-order valence-electron chi connectivity index (χ2n) is 4.58. The van der Waals surface area contributed by atoms with Gasteiger partial charge in [0.2, 0.25) is 5.91 Å². The lowest BCUT2D eigenvalue weighted by Gasteiger charge is -2.17. The van der Waals surface area contributed by atoms with E-state index in [0.717, 1.165) is 18.2 Å². The molecule has 0 aliphatic carbocycles. The summed E-state index contributed by atoms with van der Waals surface area (Å²) in [6.45, 7) is 3.48. The van der Waals surface area contributed by atoms with E-state index in [-0.39, 0.29) is 11.6 Å². The van der Waals surface area contributed by atoms with Crippen molar-refractivity contribution < 1.29 is 18.1 Å². The topological polar surface area (TPSA) is 67.2 Å². The van der Waals surface area contributed by atoms with Gasteiger partial charge in [0.25, 0.3) is 0 Å². The van der Waals surface area contributed by atoms with Crippen LogP contribution in [0.3, 0.4) is 0 Å². The summed E-state index contributed by atoms with van der Waals surface area (Å²) in [6, 6.07) is 3.94. The summed E-state index contributed by atoms with van der Waals surface area (Å²) in [4.78, 5) is 12.1. The molecule has 0 aliphatic heterocycles. The third kappa shape index (κ3) is 4.01. The Morgan fingerprint density at radius 2 is 1.95 bits per heavy atom. The molecule has 0 aliphatic rings. The number of carbonyl (C=O) groups is 1. The van der Waals surface area contributed by atoms with E-state index < -0.39 is 17.7 Å². The monoisotopic (exact) mass is 295 g/mol. The minimum atomic E-state index is -0.708. The minimum absolute atomic E-state index is 0.200. The zero-order valence-corrected chi connectivity index (χ0v) is 11.6. The summed E-state index contributed by atoms with van der Waals surface area (Å²) >= 11 is 0. The lowest BCUT2D eigenvalue weighted by Crippen LogP contribution is -2.34. The number of aryl methyl sites for hydroxylation is 1. The van der Waals surface area contributed by atoms with E-state index >= 15 is 0 Å². The maximum Gasteiger partial charge on any atom is 0.248 e. The van der Waals surface area contributed by atoms with E-state index in [2.05, 4.69) is 15.8 Å². The number of rotatable bonds is 5. The van der Waals surface area contributed by atoms with Crippen molar-refractivity contribution in [3.63, 3.8) is 0 Å². The van der Waals surface area contributed by atoms with Crippen LogP contribution in [0.2, 0.25) is 0 Å². The lowest BCUT2D eigenvalue weighted by molar-refractivity contribution is -0.117. The van der Waals surface area contributed by atoms with Crippen molar-refractivity contribution in [2.24, 2.45) is 0 Å². The van der Waals surface area contributed by atoms with Crippen molar-refractivity contribution in [1.29, 1.82) is 0 Å². The first-order valence-corrected chi connectivity index (χ1v) is 6.44. The quantitative estimate of drug-likeness (QED) is 0.889. The molecule has 1 heterocycles. The normalized spacial score (nSPS) is 12.0. The highest BCUT2D eigenvalue weighted by Gasteiger charge is 2.18. The number of carbonyl (C=O) groups excluding carboxylic acids is 1. The van der Waals surface area contributed by atoms with Crippen LogP contribution in [0.25, 0.3) is 0 Å². The predicted octanol–water partition coefficient (Wildman–Crippen LogP) is 3.09. The second kappa shape index (κ2) is 6.34. The molecule has 21 heavy (non-hydrogen) atoms. The van der Waals surface area contributed by atoms with Crippen molar-refractivity contribution in [1.82, 2.24) is 5.16 Å². The van der Waals surface area contributed by atoms with Crippen molar-refractivity contribution in [2.45, 2.75) is 26.3 Å². The van der Waals surface area contributed by atoms with Crippen LogP contribution in [0.1, 0.15) is 19.1 Å². The molecule has 1 atom stereocenters. The van der Waals surface area contributed by atoms with Crippen LogP contribution in [-0.4, -0.2) is 17.1 Å². The molecule has 7 heteroatoms. The second-order valence-corrected chi connectivity index (χ2v) is 4.58. The zero-order chi connectivity index (χ0) is 15.4. The van der Waals surface area contributed by atoms with Gasteiger partial charge in [-0.2, -0.15) is 0 Å². The maximum atomic E-state index is 13.1. The highest BCUT2D eigenvalue weighted by Crippen LogP contribution is 2.16. The Labute approximate surface area is 120 Å². The molecule has 0 spiro atoms. The predicted molar refractivity (Wildman–Crippen MR) is 73.9 cm³/mol. The van der Waals surface area contributed by atoms with E-state index in [9.17, 15) is 13.6 Å². The lowest BCUT2D eigenvalue weighted by atomic mass is 10.2. The smallest absolute Gasteiger partial charge is 0.248 e. The summed E-state index contributed by atoms with van der Waals surface area (Å²) < 4.78 is 31.1. The SMILES string of the molecule is CCC(Nc1cc(F)cc(F)c1)C(=O)Nc1cc(C)on1. The van der Waals surface area contributed by atoms with E-state index in [1.165, 1.54) is 0 Å². The van der Waals surface area contributed by atoms with Gasteiger partial charge in [0.15, 0.2) is 5.82 Å². The van der Waals surface area contributed by atoms with Gasteiger partial charge < -0.3 is 15.2 Å². The molecular weight excluding hydrogens is 280 g/mol. The third-order valence-corrected chi connectivity index (χ3v) is 2.81. The molecule has 0 saturated carbocycles. The first kappa shape index (κ1) is 15.0. The van der Waals surface area contributed by atoms with Crippen LogP contribution in [0.4, 0.5) is 20.3 Å². The molecule has 0 radical (unpaired) electrons. The van der Waals surface area contributed by atoms with E-state index in [4.69, 9.17) is 4.52 Å². The number of benzene rings is 1. The number of anilines is 2. The number of halogens is 2. The van der Waals surface area contributed by atoms with Crippen LogP contribution in [0.15, 0.2) is 28.8 Å². The third-order valence-electron chi connectivity index (χ3n) is 2.81. The van der Waals surface area contributed by atoms with Crippen LogP contribution in [0.5, 0.6) is 0 Å². The fourth-order valence-electron chi connectivity index (χ4n) is 1.83. The van der Waals surface area contributed by atoms with E-state index in [1.807, 2.05) is 0 Å². The molecule has 1 aromatic carbocycles. The van der Waals surface area contributed by atoms with Crippen LogP contribution >= 0.6 is 0 Å². The van der Waals surface area contributed by atoms with Crippen molar-refractivity contribution in [2.75, 3.05) is 10.6 Å². The first-order chi connectivity index (χ1) is 9.97. The van der Waals surface area contributed by atoms with Crippen molar-refractivity contribution in [3.05, 3.63) is 41.7 Å². The Kier molecular flexibility index (Phi) is 4.52. The first-order valence-electron chi connectivity index (χ1n) is 6.44. The molecule has 112 valence electrons. The Hall–Kier alpha value is -2.44. The van der Waals surface area contributed by atoms with E-state index in [0.29, 0.717) is 18.0 Å². The average molecular weight is 295 g/mol. The summed E-state index contributed by atoms with van der Waals surface area (Å²) in [7, 11) is 0. The van der Waals surface area contributed by atoms with Gasteiger partial charge in [0.05, 0.1) is 0 Å². The molecule has 1 amide bonds. The molecule has 2 aromatic rings. The van der Waals surface area contributed by atoms with Gasteiger partial charge in [-0.3, -0.25) is 4.79 Å². The molecule has 1 aromatic heterocycles. The summed E-state index contributed by atoms with van der Waals surface area (Å²) in [5, 5.41) is 9.01. The van der Waals surface area contributed by atoms with Gasteiger partial charge >= 0.3 is 0 Å². The van der Waals surface area contributed by atoms with Crippen molar-refractivity contribution >= 4 is 17.4 Å². The Morgan fingerprint density at radius 3 is 2.48 bits per heavy atom. The average Bonchev–Trinajstić information content (AvgIpc) is 2.80. The summed E-state index contributed by atoms with van der Waals surface area (Å²) in [5.41, 5.74) is 0.200. The Balaban J connectivity index is 2.06. The van der Waals surface area contributed by atoms with Gasteiger partial charge in [-0.1, -0.05) is 12.1 Å². The van der Waals surface area contributed by atoms with Gasteiger partial charge in [-0.05, 0) is 25.5 Å². The number of nitrogens with one attached hydrogen (secondary N) is 2. The number of hydrogen-bond acceptors (Lipinski definition) is 4. The minimum Gasteiger partial charge on any atom is -0.374 e. The molecule has 1 unspecified atom stereocenters. The Bertz CT molecular complexity index is 623. The van der Waals surface area contributed by atoms with Gasteiger partial charge in [-0.15, -0.1) is 0 Å². The number of amides is 1. The van der Waals surface area contributed by atoms with E-state index in [1.54, 1.807) is 19.9 Å². The number of nitrogens with zero attached hydrogens (tertiary/aromatic N) is 1. The largest absolute Gasteiger partial charge is 0.374 e. The molecule has 0 fully saturated rings. The highest BCUT2D eigenvalue weighted by molar-refractivity contribution is 5.95. The molecule has 0 bridgehead atoms. The van der Waals surface area contributed by atoms with Crippen molar-refractivity contribution in [3.8, 4) is 0 Å². The summed E-state index contributed by atoms with van der Waals surface area (Å²) in [6.07, 6.45) is 0.431. The highest BCUT2D eigenvalue weighted by atomic mass is 19.1. The van der Waals surface area contributed by atoms with Crippen LogP contribution in [-0.2, 0) is 4.79 Å². The zero-order valence-electron chi connectivity index (χ0n) is 11.6. The number of aromatic nitrogens is 1. The fraction of sp³-hybridized carbons (Fsp3) is 0.286. The van der Waals surface area contributed by atoms with Gasteiger partial charge in [0, 0.05) is 17.8 Å². The fourth-order valence-corrected chi connectivity index (χ4v) is 1.83. The maximum absolute atomic E-state index is 13.1.